The van der Waals surface area contributed by atoms with Crippen molar-refractivity contribution in [2.45, 2.75) is 13.0 Å². The molecule has 6 heteroatoms. The van der Waals surface area contributed by atoms with E-state index in [1.165, 1.54) is 10.4 Å². The monoisotopic (exact) mass is 324 g/mol. The molecule has 0 aliphatic carbocycles. The number of thiophene rings is 1. The van der Waals surface area contributed by atoms with Crippen LogP contribution in [0.2, 0.25) is 5.02 Å². The van der Waals surface area contributed by atoms with Crippen LogP contribution in [0.25, 0.3) is 10.4 Å². The molecule has 2 aromatic rings. The van der Waals surface area contributed by atoms with Gasteiger partial charge >= 0.3 is 5.97 Å². The molecule has 1 aromatic carbocycles. The first kappa shape index (κ1) is 16.0. The van der Waals surface area contributed by atoms with Crippen molar-refractivity contribution >= 4 is 28.9 Å². The highest BCUT2D eigenvalue weighted by Crippen LogP contribution is 2.37. The number of aliphatic carboxylic acids is 1. The second-order valence-electron chi connectivity index (χ2n) is 4.89. The van der Waals surface area contributed by atoms with Crippen LogP contribution in [0.4, 0.5) is 0 Å². The van der Waals surface area contributed by atoms with Crippen molar-refractivity contribution in [1.82, 2.24) is 11.1 Å². The molecule has 112 valence electrons. The van der Waals surface area contributed by atoms with Crippen molar-refractivity contribution in [3.63, 3.8) is 0 Å². The molecule has 2 heterocycles. The third kappa shape index (κ3) is 3.44. The summed E-state index contributed by atoms with van der Waals surface area (Å²) in [5, 5.41) is 9.63. The maximum absolute atomic E-state index is 10.8. The molecule has 4 nitrogen and oxygen atoms in total. The second kappa shape index (κ2) is 6.58. The van der Waals surface area contributed by atoms with Gasteiger partial charge < -0.3 is 11.3 Å². The topological polar surface area (TPSA) is 75.5 Å². The lowest BCUT2D eigenvalue weighted by Gasteiger charge is -2.24. The lowest BCUT2D eigenvalue weighted by Crippen LogP contribution is -2.34. The van der Waals surface area contributed by atoms with Gasteiger partial charge in [0, 0.05) is 33.4 Å². The molecular weight excluding hydrogens is 308 g/mol. The number of rotatable bonds is 3. The van der Waals surface area contributed by atoms with Gasteiger partial charge in [-0.05, 0) is 24.1 Å². The molecule has 0 spiro atoms. The quantitative estimate of drug-likeness (QED) is 0.903. The van der Waals surface area contributed by atoms with E-state index in [1.54, 1.807) is 11.3 Å². The summed E-state index contributed by atoms with van der Waals surface area (Å²) in [6, 6.07) is 9.97. The van der Waals surface area contributed by atoms with Gasteiger partial charge in [0.15, 0.2) is 0 Å². The number of hydrogen-bond acceptors (Lipinski definition) is 4. The van der Waals surface area contributed by atoms with Crippen LogP contribution in [0.3, 0.4) is 0 Å². The highest BCUT2D eigenvalue weighted by atomic mass is 35.5. The Bertz CT molecular complexity index is 657. The Morgan fingerprint density at radius 1 is 1.38 bits per heavy atom. The van der Waals surface area contributed by atoms with E-state index in [0.717, 1.165) is 28.4 Å². The van der Waals surface area contributed by atoms with Gasteiger partial charge in [-0.3, -0.25) is 9.69 Å². The van der Waals surface area contributed by atoms with Crippen LogP contribution in [-0.4, -0.2) is 29.1 Å². The van der Waals surface area contributed by atoms with Crippen molar-refractivity contribution in [1.29, 1.82) is 0 Å². The minimum absolute atomic E-state index is 0. The van der Waals surface area contributed by atoms with Crippen LogP contribution in [-0.2, 0) is 17.8 Å². The maximum atomic E-state index is 10.8. The number of carboxylic acid groups (broad SMARTS) is 1. The summed E-state index contributed by atoms with van der Waals surface area (Å²) in [6.07, 6.45) is 0.914. The predicted octanol–water partition coefficient (Wildman–Crippen LogP) is 3.67. The van der Waals surface area contributed by atoms with E-state index in [-0.39, 0.29) is 12.7 Å². The van der Waals surface area contributed by atoms with Crippen molar-refractivity contribution in [3.8, 4) is 10.4 Å². The third-order valence-electron chi connectivity index (χ3n) is 3.44. The van der Waals surface area contributed by atoms with Crippen molar-refractivity contribution in [2.24, 2.45) is 0 Å². The molecule has 1 aliphatic heterocycles. The minimum atomic E-state index is -0.769. The number of nitrogens with zero attached hydrogens (tertiary/aromatic N) is 1. The molecule has 1 aromatic heterocycles. The summed E-state index contributed by atoms with van der Waals surface area (Å²) in [4.78, 5) is 15.3. The van der Waals surface area contributed by atoms with Gasteiger partial charge in [0.1, 0.15) is 0 Å². The lowest BCUT2D eigenvalue weighted by atomic mass is 10.1. The molecule has 0 fully saturated rings. The molecule has 0 atom stereocenters. The molecule has 0 saturated heterocycles. The predicted molar refractivity (Wildman–Crippen MR) is 86.4 cm³/mol. The largest absolute Gasteiger partial charge is 0.480 e. The van der Waals surface area contributed by atoms with Gasteiger partial charge in [-0.2, -0.15) is 0 Å². The minimum Gasteiger partial charge on any atom is -0.480 e. The van der Waals surface area contributed by atoms with E-state index in [9.17, 15) is 4.79 Å². The molecule has 3 rings (SSSR count). The average molecular weight is 325 g/mol. The Hall–Kier alpha value is -1.40. The molecule has 0 bridgehead atoms. The number of fused-ring (bicyclic) bond motifs is 1. The highest BCUT2D eigenvalue weighted by Gasteiger charge is 2.21. The zero-order chi connectivity index (χ0) is 14.1. The zero-order valence-corrected chi connectivity index (χ0v) is 13.1. The Kier molecular flexibility index (Phi) is 5.00. The molecule has 4 N–H and O–H groups in total. The zero-order valence-electron chi connectivity index (χ0n) is 11.5. The van der Waals surface area contributed by atoms with Crippen LogP contribution >= 0.6 is 22.9 Å². The Morgan fingerprint density at radius 2 is 2.14 bits per heavy atom. The normalized spacial score (nSPS) is 14.3. The molecular formula is C15H17ClN2O2S. The molecule has 0 amide bonds. The highest BCUT2D eigenvalue weighted by molar-refractivity contribution is 7.15. The molecule has 0 radical (unpaired) electrons. The second-order valence-corrected chi connectivity index (χ2v) is 6.44. The Morgan fingerprint density at radius 3 is 2.86 bits per heavy atom. The fourth-order valence-electron chi connectivity index (χ4n) is 2.51. The average Bonchev–Trinajstić information content (AvgIpc) is 2.81. The van der Waals surface area contributed by atoms with Gasteiger partial charge in [0.25, 0.3) is 0 Å². The van der Waals surface area contributed by atoms with E-state index in [0.29, 0.717) is 6.54 Å². The van der Waals surface area contributed by atoms with Gasteiger partial charge in [-0.1, -0.05) is 29.8 Å². The van der Waals surface area contributed by atoms with Crippen LogP contribution < -0.4 is 6.15 Å². The standard InChI is InChI=1S/C15H14ClNO2S.H3N/c16-12-4-2-1-3-11(12)14-7-10-8-17(9-15(18)19)6-5-13(10)20-14;/h1-4,7H,5-6,8-9H2,(H,18,19);1H3. The first-order valence-corrected chi connectivity index (χ1v) is 7.63. The van der Waals surface area contributed by atoms with Crippen LogP contribution in [0, 0.1) is 0 Å². The fraction of sp³-hybridized carbons (Fsp3) is 0.267. The lowest BCUT2D eigenvalue weighted by molar-refractivity contribution is -0.138. The van der Waals surface area contributed by atoms with Crippen LogP contribution in [0.5, 0.6) is 0 Å². The fourth-order valence-corrected chi connectivity index (χ4v) is 4.01. The van der Waals surface area contributed by atoms with E-state index >= 15 is 0 Å². The molecule has 1 aliphatic rings. The van der Waals surface area contributed by atoms with Crippen LogP contribution in [0.15, 0.2) is 30.3 Å². The smallest absolute Gasteiger partial charge is 0.317 e. The van der Waals surface area contributed by atoms with E-state index in [1.807, 2.05) is 29.2 Å². The van der Waals surface area contributed by atoms with Gasteiger partial charge in [0.2, 0.25) is 0 Å². The number of halogens is 1. The van der Waals surface area contributed by atoms with Crippen molar-refractivity contribution in [3.05, 3.63) is 45.8 Å². The molecule has 21 heavy (non-hydrogen) atoms. The Balaban J connectivity index is 0.00000161. The first-order valence-electron chi connectivity index (χ1n) is 6.44. The number of carbonyl (C=O) groups is 1. The third-order valence-corrected chi connectivity index (χ3v) is 5.04. The van der Waals surface area contributed by atoms with Crippen molar-refractivity contribution < 1.29 is 9.90 Å². The summed E-state index contributed by atoms with van der Waals surface area (Å²) >= 11 is 8.00. The summed E-state index contributed by atoms with van der Waals surface area (Å²) in [7, 11) is 0. The summed E-state index contributed by atoms with van der Waals surface area (Å²) < 4.78 is 0. The van der Waals surface area contributed by atoms with Gasteiger partial charge in [0.05, 0.1) is 6.54 Å². The van der Waals surface area contributed by atoms with E-state index in [4.69, 9.17) is 16.7 Å². The van der Waals surface area contributed by atoms with Gasteiger partial charge in [-0.25, -0.2) is 0 Å². The van der Waals surface area contributed by atoms with E-state index in [2.05, 4.69) is 6.07 Å². The number of benzene rings is 1. The number of carboxylic acids is 1. The summed E-state index contributed by atoms with van der Waals surface area (Å²) in [5.41, 5.74) is 2.29. The van der Waals surface area contributed by atoms with Crippen LogP contribution in [0.1, 0.15) is 10.4 Å². The number of hydrogen-bond donors (Lipinski definition) is 2. The van der Waals surface area contributed by atoms with Gasteiger partial charge in [-0.15, -0.1) is 11.3 Å². The SMILES string of the molecule is N.O=C(O)CN1CCc2sc(-c3ccccc3Cl)cc2C1. The maximum Gasteiger partial charge on any atom is 0.317 e. The molecule has 0 saturated carbocycles. The summed E-state index contributed by atoms with van der Waals surface area (Å²) in [6.45, 7) is 1.63. The Labute approximate surface area is 132 Å². The van der Waals surface area contributed by atoms with Crippen molar-refractivity contribution in [2.75, 3.05) is 13.1 Å². The summed E-state index contributed by atoms with van der Waals surface area (Å²) in [5.74, 6) is -0.769. The van der Waals surface area contributed by atoms with E-state index < -0.39 is 5.97 Å². The molecule has 0 unspecified atom stereocenters. The first-order chi connectivity index (χ1) is 9.63.